The van der Waals surface area contributed by atoms with Crippen LogP contribution >= 0.6 is 11.3 Å². The molecule has 1 aliphatic rings. The number of carbonyl (C=O) groups excluding carboxylic acids is 1. The molecule has 1 aromatic heterocycles. The SMILES string of the molecule is CCOC(=O)C1=C(C)N=c2s/c(=C\c3ccc(OS(=O)(=O)c4ccc(C)c([N+](=O)[O-])c4)cc3)c(=O)n2[C@@H]1c1ccc(OC(C)C)cc1. The van der Waals surface area contributed by atoms with Crippen LogP contribution in [0.3, 0.4) is 0 Å². The summed E-state index contributed by atoms with van der Waals surface area (Å²) in [4.78, 5) is 42.3. The summed E-state index contributed by atoms with van der Waals surface area (Å²) in [6, 6.07) is 15.9. The molecule has 5 rings (SSSR count). The van der Waals surface area contributed by atoms with Gasteiger partial charge >= 0.3 is 16.1 Å². The number of nitro groups is 1. The van der Waals surface area contributed by atoms with E-state index in [-0.39, 0.29) is 40.2 Å². The van der Waals surface area contributed by atoms with E-state index in [9.17, 15) is 28.1 Å². The number of hydrogen-bond donors (Lipinski definition) is 0. The van der Waals surface area contributed by atoms with Crippen LogP contribution in [0.25, 0.3) is 6.08 Å². The Kier molecular flexibility index (Phi) is 9.45. The van der Waals surface area contributed by atoms with Gasteiger partial charge < -0.3 is 13.7 Å². The van der Waals surface area contributed by atoms with Crippen LogP contribution < -0.4 is 23.8 Å². The summed E-state index contributed by atoms with van der Waals surface area (Å²) >= 11 is 1.15. The Hall–Kier alpha value is -5.08. The van der Waals surface area contributed by atoms with E-state index in [1.165, 1.54) is 35.8 Å². The number of ether oxygens (including phenoxy) is 2. The first-order chi connectivity index (χ1) is 22.3. The summed E-state index contributed by atoms with van der Waals surface area (Å²) in [6.45, 7) is 8.90. The highest BCUT2D eigenvalue weighted by atomic mass is 32.2. The van der Waals surface area contributed by atoms with E-state index in [2.05, 4.69) is 4.99 Å². The van der Waals surface area contributed by atoms with Crippen molar-refractivity contribution in [1.82, 2.24) is 4.57 Å². The van der Waals surface area contributed by atoms with E-state index in [0.29, 0.717) is 37.5 Å². The maximum absolute atomic E-state index is 13.9. The molecule has 1 aliphatic heterocycles. The first kappa shape index (κ1) is 33.3. The number of nitro benzene ring substituents is 1. The highest BCUT2D eigenvalue weighted by Gasteiger charge is 2.33. The zero-order chi connectivity index (χ0) is 34.0. The number of aryl methyl sites for hydroxylation is 1. The fraction of sp³-hybridized carbons (Fsp3) is 0.242. The average molecular weight is 678 g/mol. The number of allylic oxidation sites excluding steroid dienone is 1. The first-order valence-corrected chi connectivity index (χ1v) is 16.8. The molecule has 0 N–H and O–H groups in total. The van der Waals surface area contributed by atoms with Crippen LogP contribution in [0.1, 0.15) is 50.4 Å². The Labute approximate surface area is 274 Å². The van der Waals surface area contributed by atoms with Gasteiger partial charge in [-0.05, 0) is 82.2 Å². The Morgan fingerprint density at radius 3 is 2.34 bits per heavy atom. The summed E-state index contributed by atoms with van der Waals surface area (Å²) in [5.41, 5.74) is 1.54. The van der Waals surface area contributed by atoms with Gasteiger partial charge in [0.2, 0.25) is 0 Å². The molecule has 0 radical (unpaired) electrons. The van der Waals surface area contributed by atoms with Crippen molar-refractivity contribution in [2.45, 2.75) is 51.7 Å². The molecule has 0 spiro atoms. The molecule has 0 saturated carbocycles. The maximum atomic E-state index is 13.9. The van der Waals surface area contributed by atoms with Crippen molar-refractivity contribution in [2.75, 3.05) is 6.61 Å². The van der Waals surface area contributed by atoms with Gasteiger partial charge in [0, 0.05) is 11.6 Å². The summed E-state index contributed by atoms with van der Waals surface area (Å²) < 4.78 is 43.8. The second-order valence-corrected chi connectivity index (χ2v) is 13.4. The van der Waals surface area contributed by atoms with Crippen molar-refractivity contribution in [3.05, 3.63) is 124 Å². The third-order valence-corrected chi connectivity index (χ3v) is 9.36. The minimum absolute atomic E-state index is 0.0218. The molecule has 14 heteroatoms. The Morgan fingerprint density at radius 1 is 1.06 bits per heavy atom. The van der Waals surface area contributed by atoms with Crippen LogP contribution in [-0.2, 0) is 19.6 Å². The Balaban J connectivity index is 1.49. The first-order valence-electron chi connectivity index (χ1n) is 14.5. The molecular formula is C33H31N3O9S2. The Morgan fingerprint density at radius 2 is 1.72 bits per heavy atom. The number of benzene rings is 3. The number of aromatic nitrogens is 1. The lowest BCUT2D eigenvalue weighted by Gasteiger charge is -2.25. The van der Waals surface area contributed by atoms with Gasteiger partial charge in [-0.1, -0.05) is 41.7 Å². The molecule has 4 aromatic rings. The topological polar surface area (TPSA) is 156 Å². The summed E-state index contributed by atoms with van der Waals surface area (Å²) in [6.07, 6.45) is 1.60. The lowest BCUT2D eigenvalue weighted by atomic mass is 9.96. The van der Waals surface area contributed by atoms with Crippen LogP contribution in [0.5, 0.6) is 11.5 Å². The molecular weight excluding hydrogens is 647 g/mol. The van der Waals surface area contributed by atoms with Crippen LogP contribution in [0.15, 0.2) is 92.7 Å². The van der Waals surface area contributed by atoms with Crippen molar-refractivity contribution in [3.8, 4) is 11.5 Å². The minimum atomic E-state index is -4.36. The van der Waals surface area contributed by atoms with E-state index >= 15 is 0 Å². The predicted octanol–water partition coefficient (Wildman–Crippen LogP) is 4.57. The van der Waals surface area contributed by atoms with Gasteiger partial charge in [-0.25, -0.2) is 9.79 Å². The number of carbonyl (C=O) groups is 1. The average Bonchev–Trinajstić information content (AvgIpc) is 3.31. The van der Waals surface area contributed by atoms with E-state index in [1.54, 1.807) is 56.3 Å². The maximum Gasteiger partial charge on any atom is 0.339 e. The predicted molar refractivity (Wildman–Crippen MR) is 175 cm³/mol. The van der Waals surface area contributed by atoms with Crippen LogP contribution in [-0.4, -0.2) is 36.6 Å². The van der Waals surface area contributed by atoms with Gasteiger partial charge in [0.15, 0.2) is 4.80 Å². The van der Waals surface area contributed by atoms with E-state index in [4.69, 9.17) is 13.7 Å². The largest absolute Gasteiger partial charge is 0.491 e. The molecule has 0 bridgehead atoms. The molecule has 0 aliphatic carbocycles. The second-order valence-electron chi connectivity index (χ2n) is 10.8. The van der Waals surface area contributed by atoms with Gasteiger partial charge in [-0.15, -0.1) is 0 Å². The van der Waals surface area contributed by atoms with Crippen LogP contribution in [0, 0.1) is 17.0 Å². The number of hydrogen-bond acceptors (Lipinski definition) is 11. The number of esters is 1. The van der Waals surface area contributed by atoms with Gasteiger partial charge in [-0.2, -0.15) is 8.42 Å². The molecule has 47 heavy (non-hydrogen) atoms. The number of nitrogens with zero attached hydrogens (tertiary/aromatic N) is 3. The van der Waals surface area contributed by atoms with Crippen molar-refractivity contribution >= 4 is 39.2 Å². The zero-order valence-electron chi connectivity index (χ0n) is 26.1. The van der Waals surface area contributed by atoms with Crippen LogP contribution in [0.4, 0.5) is 5.69 Å². The molecule has 3 aromatic carbocycles. The molecule has 0 fully saturated rings. The van der Waals surface area contributed by atoms with Gasteiger partial charge in [0.1, 0.15) is 16.4 Å². The molecule has 0 unspecified atom stereocenters. The van der Waals surface area contributed by atoms with E-state index in [0.717, 1.165) is 17.4 Å². The van der Waals surface area contributed by atoms with Gasteiger partial charge in [0.25, 0.3) is 11.2 Å². The highest BCUT2D eigenvalue weighted by molar-refractivity contribution is 7.87. The number of fused-ring (bicyclic) bond motifs is 1. The van der Waals surface area contributed by atoms with Crippen molar-refractivity contribution in [3.63, 3.8) is 0 Å². The fourth-order valence-electron chi connectivity index (χ4n) is 4.99. The lowest BCUT2D eigenvalue weighted by molar-refractivity contribution is -0.385. The van der Waals surface area contributed by atoms with Gasteiger partial charge in [0.05, 0.1) is 39.5 Å². The third-order valence-electron chi connectivity index (χ3n) is 7.13. The van der Waals surface area contributed by atoms with E-state index in [1.807, 2.05) is 13.8 Å². The quantitative estimate of drug-likeness (QED) is 0.102. The van der Waals surface area contributed by atoms with Crippen molar-refractivity contribution in [2.24, 2.45) is 4.99 Å². The number of thiazole rings is 1. The highest BCUT2D eigenvalue weighted by Crippen LogP contribution is 2.32. The van der Waals surface area contributed by atoms with E-state index < -0.39 is 27.1 Å². The molecule has 0 amide bonds. The normalized spacial score (nSPS) is 14.9. The third kappa shape index (κ3) is 7.03. The standard InChI is InChI=1S/C33H31N3O9S2/c1-6-43-32(38)29-21(5)34-33-35(30(29)23-10-14-24(15-11-23)44-19(2)3)31(37)28(46-33)17-22-8-12-25(13-9-22)45-47(41,42)26-16-7-20(4)27(18-26)36(39)40/h7-19,30H,6H2,1-5H3/b28-17-/t30-/m1/s1. The summed E-state index contributed by atoms with van der Waals surface area (Å²) in [5.74, 6) is 0.0581. The second kappa shape index (κ2) is 13.3. The minimum Gasteiger partial charge on any atom is -0.491 e. The molecule has 0 saturated heterocycles. The molecule has 12 nitrogen and oxygen atoms in total. The Bertz CT molecular complexity index is 2180. The zero-order valence-corrected chi connectivity index (χ0v) is 27.8. The molecule has 1 atom stereocenters. The molecule has 244 valence electrons. The van der Waals surface area contributed by atoms with Crippen molar-refractivity contribution in [1.29, 1.82) is 0 Å². The number of rotatable bonds is 10. The van der Waals surface area contributed by atoms with Gasteiger partial charge in [-0.3, -0.25) is 19.5 Å². The monoisotopic (exact) mass is 677 g/mol. The molecule has 2 heterocycles. The fourth-order valence-corrected chi connectivity index (χ4v) is 6.99. The smallest absolute Gasteiger partial charge is 0.339 e. The van der Waals surface area contributed by atoms with Crippen molar-refractivity contribution < 1.29 is 31.8 Å². The lowest BCUT2D eigenvalue weighted by Crippen LogP contribution is -2.39. The summed E-state index contributed by atoms with van der Waals surface area (Å²) in [7, 11) is -4.36. The summed E-state index contributed by atoms with van der Waals surface area (Å²) in [5, 5.41) is 11.3. The van der Waals surface area contributed by atoms with Crippen LogP contribution in [0.2, 0.25) is 0 Å².